The molecule has 7 heteroatoms. The lowest BCUT2D eigenvalue weighted by atomic mass is 10.2. The van der Waals surface area contributed by atoms with Crippen molar-refractivity contribution in [2.75, 3.05) is 31.6 Å². The van der Waals surface area contributed by atoms with Gasteiger partial charge in [0.25, 0.3) is 0 Å². The minimum absolute atomic E-state index is 0.346. The molecule has 0 radical (unpaired) electrons. The zero-order chi connectivity index (χ0) is 14.4. The second-order valence-electron chi connectivity index (χ2n) is 4.78. The van der Waals surface area contributed by atoms with Gasteiger partial charge in [0, 0.05) is 19.6 Å². The average molecular weight is 279 g/mol. The summed E-state index contributed by atoms with van der Waals surface area (Å²) in [6.07, 6.45) is 4.48. The van der Waals surface area contributed by atoms with E-state index >= 15 is 0 Å². The number of ether oxygens (including phenoxy) is 1. The summed E-state index contributed by atoms with van der Waals surface area (Å²) in [5, 5.41) is 3.17. The summed E-state index contributed by atoms with van der Waals surface area (Å²) in [5.74, 6) is 0.405. The Labute approximate surface area is 118 Å². The molecular formula is C13H21N5O2. The molecule has 0 aliphatic carbocycles. The fraction of sp³-hybridized carbons (Fsp3) is 0.615. The Balaban J connectivity index is 1.96. The van der Waals surface area contributed by atoms with Crippen LogP contribution in [-0.2, 0) is 16.1 Å². The van der Waals surface area contributed by atoms with Crippen molar-refractivity contribution in [3.63, 3.8) is 0 Å². The molecule has 0 bridgehead atoms. The van der Waals surface area contributed by atoms with Crippen LogP contribution in [0.15, 0.2) is 12.4 Å². The first-order valence-electron chi connectivity index (χ1n) is 6.86. The standard InChI is InChI=1S/C13H21N5O2/c1-2-3-15-12-7-16-10(6-17-12)8-18-4-5-20-9-11(18)13(14)19/h6-7,11H,2-5,8-9H2,1H3,(H2,14,19)(H,15,17). The third-order valence-electron chi connectivity index (χ3n) is 3.19. The summed E-state index contributed by atoms with van der Waals surface area (Å²) >= 11 is 0. The first-order chi connectivity index (χ1) is 9.70. The highest BCUT2D eigenvalue weighted by molar-refractivity contribution is 5.80. The minimum Gasteiger partial charge on any atom is -0.378 e. The number of anilines is 1. The van der Waals surface area contributed by atoms with Gasteiger partial charge in [-0.2, -0.15) is 0 Å². The summed E-state index contributed by atoms with van der Waals surface area (Å²) in [7, 11) is 0. The van der Waals surface area contributed by atoms with Crippen molar-refractivity contribution in [2.45, 2.75) is 25.9 Å². The van der Waals surface area contributed by atoms with E-state index in [1.54, 1.807) is 12.4 Å². The van der Waals surface area contributed by atoms with Crippen LogP contribution in [0.25, 0.3) is 0 Å². The van der Waals surface area contributed by atoms with Crippen LogP contribution in [0.2, 0.25) is 0 Å². The number of hydrogen-bond acceptors (Lipinski definition) is 6. The van der Waals surface area contributed by atoms with Crippen molar-refractivity contribution in [1.82, 2.24) is 14.9 Å². The first-order valence-corrected chi connectivity index (χ1v) is 6.86. The Morgan fingerprint density at radius 3 is 3.05 bits per heavy atom. The molecule has 1 atom stereocenters. The molecule has 1 unspecified atom stereocenters. The predicted molar refractivity (Wildman–Crippen MR) is 75.0 cm³/mol. The third kappa shape index (κ3) is 3.88. The van der Waals surface area contributed by atoms with Crippen LogP contribution in [0.3, 0.4) is 0 Å². The van der Waals surface area contributed by atoms with Gasteiger partial charge in [-0.25, -0.2) is 4.98 Å². The first kappa shape index (κ1) is 14.7. The van der Waals surface area contributed by atoms with Gasteiger partial charge in [0.1, 0.15) is 11.9 Å². The fourth-order valence-electron chi connectivity index (χ4n) is 2.08. The van der Waals surface area contributed by atoms with Crippen molar-refractivity contribution in [3.8, 4) is 0 Å². The van der Waals surface area contributed by atoms with Crippen LogP contribution in [0.5, 0.6) is 0 Å². The van der Waals surface area contributed by atoms with E-state index in [0.717, 1.165) is 24.5 Å². The van der Waals surface area contributed by atoms with E-state index in [1.165, 1.54) is 0 Å². The zero-order valence-electron chi connectivity index (χ0n) is 11.7. The highest BCUT2D eigenvalue weighted by Gasteiger charge is 2.27. The van der Waals surface area contributed by atoms with E-state index < -0.39 is 0 Å². The van der Waals surface area contributed by atoms with Crippen LogP contribution < -0.4 is 11.1 Å². The number of carbonyl (C=O) groups excluding carboxylic acids is 1. The molecule has 7 nitrogen and oxygen atoms in total. The zero-order valence-corrected chi connectivity index (χ0v) is 11.7. The quantitative estimate of drug-likeness (QED) is 0.760. The number of nitrogens with one attached hydrogen (secondary N) is 1. The fourth-order valence-corrected chi connectivity index (χ4v) is 2.08. The Morgan fingerprint density at radius 1 is 1.55 bits per heavy atom. The molecule has 1 saturated heterocycles. The van der Waals surface area contributed by atoms with Crippen molar-refractivity contribution in [1.29, 1.82) is 0 Å². The molecule has 2 rings (SSSR count). The largest absolute Gasteiger partial charge is 0.378 e. The molecular weight excluding hydrogens is 258 g/mol. The second-order valence-corrected chi connectivity index (χ2v) is 4.78. The molecule has 2 heterocycles. The molecule has 1 aliphatic rings. The van der Waals surface area contributed by atoms with Gasteiger partial charge in [-0.1, -0.05) is 6.92 Å². The van der Waals surface area contributed by atoms with E-state index in [1.807, 2.05) is 4.90 Å². The molecule has 110 valence electrons. The summed E-state index contributed by atoms with van der Waals surface area (Å²) < 4.78 is 5.29. The Bertz CT molecular complexity index is 437. The molecule has 0 spiro atoms. The van der Waals surface area contributed by atoms with Gasteiger partial charge >= 0.3 is 0 Å². The molecule has 0 aromatic carbocycles. The second kappa shape index (κ2) is 7.16. The number of morpholine rings is 1. The van der Waals surface area contributed by atoms with Crippen molar-refractivity contribution in [3.05, 3.63) is 18.1 Å². The normalized spacial score (nSPS) is 19.8. The van der Waals surface area contributed by atoms with Crippen molar-refractivity contribution < 1.29 is 9.53 Å². The number of aromatic nitrogens is 2. The van der Waals surface area contributed by atoms with Gasteiger partial charge in [-0.3, -0.25) is 14.7 Å². The number of carbonyl (C=O) groups is 1. The molecule has 1 aliphatic heterocycles. The maximum Gasteiger partial charge on any atom is 0.237 e. The number of nitrogens with two attached hydrogens (primary N) is 1. The van der Waals surface area contributed by atoms with Crippen molar-refractivity contribution >= 4 is 11.7 Å². The van der Waals surface area contributed by atoms with E-state index in [4.69, 9.17) is 10.5 Å². The van der Waals surface area contributed by atoms with Crippen LogP contribution in [0, 0.1) is 0 Å². The summed E-state index contributed by atoms with van der Waals surface area (Å²) in [4.78, 5) is 22.0. The molecule has 1 fully saturated rings. The van der Waals surface area contributed by atoms with E-state index in [0.29, 0.717) is 26.3 Å². The van der Waals surface area contributed by atoms with Crippen LogP contribution in [-0.4, -0.2) is 53.1 Å². The van der Waals surface area contributed by atoms with Gasteiger partial charge in [0.05, 0.1) is 31.3 Å². The smallest absolute Gasteiger partial charge is 0.237 e. The van der Waals surface area contributed by atoms with Gasteiger partial charge < -0.3 is 15.8 Å². The maximum atomic E-state index is 11.4. The molecule has 20 heavy (non-hydrogen) atoms. The minimum atomic E-state index is -0.386. The van der Waals surface area contributed by atoms with Crippen molar-refractivity contribution in [2.24, 2.45) is 5.73 Å². The number of rotatable bonds is 6. The third-order valence-corrected chi connectivity index (χ3v) is 3.19. The lowest BCUT2D eigenvalue weighted by Crippen LogP contribution is -2.51. The summed E-state index contributed by atoms with van der Waals surface area (Å²) in [5.41, 5.74) is 6.20. The van der Waals surface area contributed by atoms with Gasteiger partial charge in [0.2, 0.25) is 5.91 Å². The number of amides is 1. The van der Waals surface area contributed by atoms with Gasteiger partial charge in [0.15, 0.2) is 0 Å². The van der Waals surface area contributed by atoms with Crippen LogP contribution in [0.4, 0.5) is 5.82 Å². The lowest BCUT2D eigenvalue weighted by molar-refractivity contribution is -0.129. The van der Waals surface area contributed by atoms with E-state index in [-0.39, 0.29) is 11.9 Å². The van der Waals surface area contributed by atoms with E-state index in [9.17, 15) is 4.79 Å². The lowest BCUT2D eigenvalue weighted by Gasteiger charge is -2.33. The topological polar surface area (TPSA) is 93.4 Å². The Morgan fingerprint density at radius 2 is 2.40 bits per heavy atom. The Hall–Kier alpha value is -1.73. The molecule has 1 aromatic heterocycles. The van der Waals surface area contributed by atoms with Crippen LogP contribution in [0.1, 0.15) is 19.0 Å². The maximum absolute atomic E-state index is 11.4. The van der Waals surface area contributed by atoms with E-state index in [2.05, 4.69) is 22.2 Å². The molecule has 0 saturated carbocycles. The van der Waals surface area contributed by atoms with Gasteiger partial charge in [-0.15, -0.1) is 0 Å². The SMILES string of the molecule is CCCNc1cnc(CN2CCOCC2C(N)=O)cn1. The average Bonchev–Trinajstić information content (AvgIpc) is 2.47. The predicted octanol–water partition coefficient (Wildman–Crippen LogP) is -0.0154. The Kier molecular flexibility index (Phi) is 5.25. The number of nitrogens with zero attached hydrogens (tertiary/aromatic N) is 3. The highest BCUT2D eigenvalue weighted by atomic mass is 16.5. The number of hydrogen-bond donors (Lipinski definition) is 2. The van der Waals surface area contributed by atoms with Crippen LogP contribution >= 0.6 is 0 Å². The highest BCUT2D eigenvalue weighted by Crippen LogP contribution is 2.11. The molecule has 3 N–H and O–H groups in total. The number of primary amides is 1. The van der Waals surface area contributed by atoms with Gasteiger partial charge in [-0.05, 0) is 6.42 Å². The molecule has 1 aromatic rings. The summed E-state index contributed by atoms with van der Waals surface area (Å²) in [6.45, 7) is 5.15. The monoisotopic (exact) mass is 279 g/mol. The summed E-state index contributed by atoms with van der Waals surface area (Å²) in [6, 6.07) is -0.386. The molecule has 1 amide bonds.